The van der Waals surface area contributed by atoms with Gasteiger partial charge in [-0.05, 0) is 48.4 Å². The van der Waals surface area contributed by atoms with E-state index in [1.807, 2.05) is 55.5 Å². The summed E-state index contributed by atoms with van der Waals surface area (Å²) < 4.78 is 5.74. The van der Waals surface area contributed by atoms with E-state index < -0.39 is 6.04 Å². The van der Waals surface area contributed by atoms with Gasteiger partial charge in [0.1, 0.15) is 11.8 Å². The van der Waals surface area contributed by atoms with Crippen LogP contribution in [0.5, 0.6) is 5.75 Å². The zero-order chi connectivity index (χ0) is 19.6. The summed E-state index contributed by atoms with van der Waals surface area (Å²) in [6.07, 6.45) is 6.91. The molecule has 1 amide bonds. The first-order valence-electron chi connectivity index (χ1n) is 9.28. The number of amides is 1. The Balaban J connectivity index is 1.78. The lowest BCUT2D eigenvalue weighted by Gasteiger charge is -2.21. The predicted molar refractivity (Wildman–Crippen MR) is 108 cm³/mol. The predicted octanol–water partition coefficient (Wildman–Crippen LogP) is 3.02. The highest BCUT2D eigenvalue weighted by Crippen LogP contribution is 2.26. The topological polar surface area (TPSA) is 76.1 Å². The summed E-state index contributed by atoms with van der Waals surface area (Å²) in [5.74, 6) is 0.592. The number of nitrogens with one attached hydrogen (secondary N) is 2. The summed E-state index contributed by atoms with van der Waals surface area (Å²) >= 11 is 0. The molecule has 0 unspecified atom stereocenters. The molecule has 2 heterocycles. The first kappa shape index (κ1) is 19.5. The zero-order valence-electron chi connectivity index (χ0n) is 15.8. The first-order valence-corrected chi connectivity index (χ1v) is 9.28. The number of rotatable bonds is 9. The van der Waals surface area contributed by atoms with Gasteiger partial charge >= 0.3 is 0 Å². The SMILES string of the molecule is CCOc1ccccc1[C@H](NCc1ccncc1)C(=O)NCc1ccncc1. The summed E-state index contributed by atoms with van der Waals surface area (Å²) in [5, 5.41) is 6.36. The Morgan fingerprint density at radius 2 is 1.54 bits per heavy atom. The van der Waals surface area contributed by atoms with Crippen molar-refractivity contribution in [3.8, 4) is 5.75 Å². The molecule has 6 nitrogen and oxygen atoms in total. The minimum absolute atomic E-state index is 0.113. The molecule has 6 heteroatoms. The quantitative estimate of drug-likeness (QED) is 0.600. The number of para-hydroxylation sites is 1. The van der Waals surface area contributed by atoms with Crippen molar-refractivity contribution in [3.63, 3.8) is 0 Å². The molecular weight excluding hydrogens is 352 g/mol. The van der Waals surface area contributed by atoms with Crippen molar-refractivity contribution >= 4 is 5.91 Å². The van der Waals surface area contributed by atoms with Gasteiger partial charge < -0.3 is 10.1 Å². The molecule has 144 valence electrons. The van der Waals surface area contributed by atoms with Crippen LogP contribution in [0, 0.1) is 0 Å². The van der Waals surface area contributed by atoms with Crippen LogP contribution in [0.2, 0.25) is 0 Å². The minimum Gasteiger partial charge on any atom is -0.494 e. The fourth-order valence-corrected chi connectivity index (χ4v) is 2.86. The maximum atomic E-state index is 13.0. The van der Waals surface area contributed by atoms with Gasteiger partial charge in [0.15, 0.2) is 0 Å². The van der Waals surface area contributed by atoms with Crippen molar-refractivity contribution in [3.05, 3.63) is 90.0 Å². The Kier molecular flexibility index (Phi) is 7.09. The molecule has 0 aliphatic carbocycles. The number of nitrogens with zero attached hydrogens (tertiary/aromatic N) is 2. The van der Waals surface area contributed by atoms with Crippen molar-refractivity contribution in [1.29, 1.82) is 0 Å². The average Bonchev–Trinajstić information content (AvgIpc) is 2.75. The Bertz CT molecular complexity index is 872. The molecule has 2 aromatic heterocycles. The molecule has 0 spiro atoms. The lowest BCUT2D eigenvalue weighted by molar-refractivity contribution is -0.123. The smallest absolute Gasteiger partial charge is 0.242 e. The molecule has 28 heavy (non-hydrogen) atoms. The first-order chi connectivity index (χ1) is 13.8. The normalized spacial score (nSPS) is 11.6. The van der Waals surface area contributed by atoms with Gasteiger partial charge in [-0.3, -0.25) is 20.1 Å². The molecule has 0 aliphatic rings. The molecule has 3 aromatic rings. The Morgan fingerprint density at radius 1 is 0.929 bits per heavy atom. The van der Waals surface area contributed by atoms with E-state index >= 15 is 0 Å². The summed E-state index contributed by atoms with van der Waals surface area (Å²) in [6.45, 7) is 3.44. The molecule has 0 radical (unpaired) electrons. The van der Waals surface area contributed by atoms with Crippen LogP contribution >= 0.6 is 0 Å². The molecule has 0 bridgehead atoms. The monoisotopic (exact) mass is 376 g/mol. The Hall–Kier alpha value is -3.25. The maximum Gasteiger partial charge on any atom is 0.242 e. The molecule has 1 atom stereocenters. The second kappa shape index (κ2) is 10.2. The van der Waals surface area contributed by atoms with Gasteiger partial charge in [0, 0.05) is 43.4 Å². The van der Waals surface area contributed by atoms with Crippen molar-refractivity contribution in [2.24, 2.45) is 0 Å². The second-order valence-electron chi connectivity index (χ2n) is 6.21. The van der Waals surface area contributed by atoms with Gasteiger partial charge in [0.25, 0.3) is 0 Å². The highest BCUT2D eigenvalue weighted by molar-refractivity contribution is 5.84. The summed E-state index contributed by atoms with van der Waals surface area (Å²) in [7, 11) is 0. The lowest BCUT2D eigenvalue weighted by Crippen LogP contribution is -2.37. The van der Waals surface area contributed by atoms with Gasteiger partial charge in [0.05, 0.1) is 6.61 Å². The highest BCUT2D eigenvalue weighted by Gasteiger charge is 2.23. The van der Waals surface area contributed by atoms with Crippen LogP contribution in [-0.4, -0.2) is 22.5 Å². The summed E-state index contributed by atoms with van der Waals surface area (Å²) in [4.78, 5) is 21.1. The standard InChI is InChI=1S/C22H24N4O2/c1-2-28-20-6-4-3-5-19(20)21(25-15-17-7-11-23-12-8-17)22(27)26-16-18-9-13-24-14-10-18/h3-14,21,25H,2,15-16H2,1H3,(H,26,27)/t21-/m0/s1. The molecule has 1 aromatic carbocycles. The van der Waals surface area contributed by atoms with E-state index in [4.69, 9.17) is 4.74 Å². The third-order valence-electron chi connectivity index (χ3n) is 4.27. The van der Waals surface area contributed by atoms with E-state index in [2.05, 4.69) is 20.6 Å². The highest BCUT2D eigenvalue weighted by atomic mass is 16.5. The number of carbonyl (C=O) groups excluding carboxylic acids is 1. The maximum absolute atomic E-state index is 13.0. The van der Waals surface area contributed by atoms with Crippen LogP contribution in [0.4, 0.5) is 0 Å². The fraction of sp³-hybridized carbons (Fsp3) is 0.227. The van der Waals surface area contributed by atoms with Gasteiger partial charge in [-0.25, -0.2) is 0 Å². The van der Waals surface area contributed by atoms with Crippen LogP contribution < -0.4 is 15.4 Å². The van der Waals surface area contributed by atoms with E-state index in [0.717, 1.165) is 16.7 Å². The van der Waals surface area contributed by atoms with Gasteiger partial charge in [-0.15, -0.1) is 0 Å². The van der Waals surface area contributed by atoms with Crippen LogP contribution in [0.3, 0.4) is 0 Å². The number of benzene rings is 1. The molecule has 0 fully saturated rings. The van der Waals surface area contributed by atoms with Crippen molar-refractivity contribution < 1.29 is 9.53 Å². The number of carbonyl (C=O) groups is 1. The number of hydrogen-bond acceptors (Lipinski definition) is 5. The van der Waals surface area contributed by atoms with E-state index in [1.165, 1.54) is 0 Å². The summed E-state index contributed by atoms with van der Waals surface area (Å²) in [5.41, 5.74) is 2.86. The Morgan fingerprint density at radius 3 is 2.18 bits per heavy atom. The molecule has 2 N–H and O–H groups in total. The van der Waals surface area contributed by atoms with Gasteiger partial charge in [-0.1, -0.05) is 18.2 Å². The third-order valence-corrected chi connectivity index (χ3v) is 4.27. The van der Waals surface area contributed by atoms with E-state index in [0.29, 0.717) is 25.4 Å². The lowest BCUT2D eigenvalue weighted by atomic mass is 10.0. The number of ether oxygens (including phenoxy) is 1. The largest absolute Gasteiger partial charge is 0.494 e. The summed E-state index contributed by atoms with van der Waals surface area (Å²) in [6, 6.07) is 14.7. The third kappa shape index (κ3) is 5.37. The van der Waals surface area contributed by atoms with E-state index in [-0.39, 0.29) is 5.91 Å². The zero-order valence-corrected chi connectivity index (χ0v) is 15.8. The van der Waals surface area contributed by atoms with Gasteiger partial charge in [0.2, 0.25) is 5.91 Å². The number of pyridine rings is 2. The van der Waals surface area contributed by atoms with E-state index in [1.54, 1.807) is 24.8 Å². The molecule has 0 aliphatic heterocycles. The average molecular weight is 376 g/mol. The van der Waals surface area contributed by atoms with Crippen LogP contribution in [-0.2, 0) is 17.9 Å². The van der Waals surface area contributed by atoms with Crippen molar-refractivity contribution in [2.45, 2.75) is 26.1 Å². The second-order valence-corrected chi connectivity index (χ2v) is 6.21. The Labute approximate surface area is 165 Å². The molecule has 0 saturated carbocycles. The minimum atomic E-state index is -0.544. The van der Waals surface area contributed by atoms with Crippen molar-refractivity contribution in [1.82, 2.24) is 20.6 Å². The molecule has 0 saturated heterocycles. The van der Waals surface area contributed by atoms with Gasteiger partial charge in [-0.2, -0.15) is 0 Å². The number of aromatic nitrogens is 2. The number of hydrogen-bond donors (Lipinski definition) is 2. The fourth-order valence-electron chi connectivity index (χ4n) is 2.86. The van der Waals surface area contributed by atoms with E-state index in [9.17, 15) is 4.79 Å². The molecule has 3 rings (SSSR count). The van der Waals surface area contributed by atoms with Crippen molar-refractivity contribution in [2.75, 3.05) is 6.61 Å². The van der Waals surface area contributed by atoms with Crippen LogP contribution in [0.25, 0.3) is 0 Å². The van der Waals surface area contributed by atoms with Crippen LogP contribution in [0.15, 0.2) is 73.3 Å². The van der Waals surface area contributed by atoms with Crippen LogP contribution in [0.1, 0.15) is 29.7 Å². The molecular formula is C22H24N4O2.